The summed E-state index contributed by atoms with van der Waals surface area (Å²) in [6.45, 7) is 7.07. The van der Waals surface area contributed by atoms with Gasteiger partial charge in [-0.25, -0.2) is 0 Å². The van der Waals surface area contributed by atoms with Crippen molar-refractivity contribution in [2.45, 2.75) is 64.6 Å². The highest BCUT2D eigenvalue weighted by atomic mass is 16.5. The fourth-order valence-electron chi connectivity index (χ4n) is 3.30. The van der Waals surface area contributed by atoms with Crippen LogP contribution in [0.5, 0.6) is 5.88 Å². The summed E-state index contributed by atoms with van der Waals surface area (Å²) in [6.07, 6.45) is 11.4. The van der Waals surface area contributed by atoms with E-state index >= 15 is 0 Å². The lowest BCUT2D eigenvalue weighted by molar-refractivity contribution is 0.0497. The van der Waals surface area contributed by atoms with E-state index in [1.54, 1.807) is 6.20 Å². The summed E-state index contributed by atoms with van der Waals surface area (Å²) >= 11 is 0. The number of ether oxygens (including phenoxy) is 2. The smallest absolute Gasteiger partial charge is 0.234 e. The van der Waals surface area contributed by atoms with Gasteiger partial charge in [0.1, 0.15) is 6.10 Å². The van der Waals surface area contributed by atoms with Crippen molar-refractivity contribution in [3.05, 3.63) is 12.4 Å². The van der Waals surface area contributed by atoms with Crippen molar-refractivity contribution in [2.75, 3.05) is 24.6 Å². The van der Waals surface area contributed by atoms with Crippen molar-refractivity contribution < 1.29 is 9.47 Å². The molecule has 1 unspecified atom stereocenters. The van der Waals surface area contributed by atoms with E-state index < -0.39 is 0 Å². The van der Waals surface area contributed by atoms with E-state index in [1.165, 1.54) is 19.3 Å². The third-order valence-corrected chi connectivity index (χ3v) is 4.57. The molecule has 2 aliphatic rings. The molecule has 3 rings (SSSR count). The van der Waals surface area contributed by atoms with Gasteiger partial charge in [-0.05, 0) is 38.0 Å². The Kier molecular flexibility index (Phi) is 5.70. The molecule has 1 aliphatic carbocycles. The molecule has 0 N–H and O–H groups in total. The number of aromatic nitrogens is 2. The molecule has 5 heteroatoms. The summed E-state index contributed by atoms with van der Waals surface area (Å²) in [7, 11) is 0. The van der Waals surface area contributed by atoms with Crippen molar-refractivity contribution >= 4 is 5.82 Å². The minimum absolute atomic E-state index is 0.308. The van der Waals surface area contributed by atoms with Crippen LogP contribution in [0.15, 0.2) is 12.4 Å². The molecular formula is C18H29N3O2. The molecular weight excluding hydrogens is 290 g/mol. The van der Waals surface area contributed by atoms with E-state index in [4.69, 9.17) is 9.47 Å². The predicted octanol–water partition coefficient (Wildman–Crippen LogP) is 3.44. The summed E-state index contributed by atoms with van der Waals surface area (Å²) < 4.78 is 12.0. The molecule has 1 aromatic rings. The molecule has 1 saturated heterocycles. The first-order valence-corrected chi connectivity index (χ1v) is 9.06. The Morgan fingerprint density at radius 1 is 1.13 bits per heavy atom. The highest BCUT2D eigenvalue weighted by molar-refractivity contribution is 5.39. The number of rotatable bonds is 6. The van der Waals surface area contributed by atoms with E-state index in [0.717, 1.165) is 44.8 Å². The first-order chi connectivity index (χ1) is 11.2. The summed E-state index contributed by atoms with van der Waals surface area (Å²) in [5.41, 5.74) is 0. The summed E-state index contributed by atoms with van der Waals surface area (Å²) in [4.78, 5) is 11.2. The molecule has 128 valence electrons. The van der Waals surface area contributed by atoms with Gasteiger partial charge in [0.25, 0.3) is 0 Å². The third-order valence-electron chi connectivity index (χ3n) is 4.57. The molecule has 2 fully saturated rings. The van der Waals surface area contributed by atoms with Crippen LogP contribution in [0.2, 0.25) is 0 Å². The number of hydrogen-bond acceptors (Lipinski definition) is 5. The molecule has 1 aliphatic heterocycles. The van der Waals surface area contributed by atoms with Gasteiger partial charge >= 0.3 is 0 Å². The van der Waals surface area contributed by atoms with Gasteiger partial charge in [0.05, 0.1) is 18.5 Å². The fraction of sp³-hybridized carbons (Fsp3) is 0.778. The predicted molar refractivity (Wildman–Crippen MR) is 90.9 cm³/mol. The molecule has 0 aromatic carbocycles. The van der Waals surface area contributed by atoms with Crippen LogP contribution >= 0.6 is 0 Å². The molecule has 0 bridgehead atoms. The Labute approximate surface area is 139 Å². The van der Waals surface area contributed by atoms with Gasteiger partial charge in [-0.2, -0.15) is 4.98 Å². The second-order valence-corrected chi connectivity index (χ2v) is 7.18. The molecule has 1 atom stereocenters. The highest BCUT2D eigenvalue weighted by Gasteiger charge is 2.25. The van der Waals surface area contributed by atoms with Crippen molar-refractivity contribution in [1.82, 2.24) is 9.97 Å². The molecule has 0 spiro atoms. The van der Waals surface area contributed by atoms with Gasteiger partial charge in [0.2, 0.25) is 5.88 Å². The Hall–Kier alpha value is -1.36. The van der Waals surface area contributed by atoms with Crippen molar-refractivity contribution in [1.29, 1.82) is 0 Å². The van der Waals surface area contributed by atoms with Gasteiger partial charge in [-0.3, -0.25) is 4.98 Å². The Balaban J connectivity index is 1.55. The maximum atomic E-state index is 6.03. The van der Waals surface area contributed by atoms with Gasteiger partial charge < -0.3 is 14.4 Å². The molecule has 23 heavy (non-hydrogen) atoms. The topological polar surface area (TPSA) is 47.5 Å². The maximum absolute atomic E-state index is 6.03. The number of anilines is 1. The quantitative estimate of drug-likeness (QED) is 0.804. The van der Waals surface area contributed by atoms with E-state index in [-0.39, 0.29) is 0 Å². The van der Waals surface area contributed by atoms with Crippen LogP contribution in [0.1, 0.15) is 52.4 Å². The second-order valence-electron chi connectivity index (χ2n) is 7.18. The summed E-state index contributed by atoms with van der Waals surface area (Å²) in [5, 5.41) is 0. The van der Waals surface area contributed by atoms with Gasteiger partial charge in [0.15, 0.2) is 5.82 Å². The second kappa shape index (κ2) is 7.95. The van der Waals surface area contributed by atoms with Crippen LogP contribution in [-0.2, 0) is 4.74 Å². The number of hydrogen-bond donors (Lipinski definition) is 0. The zero-order valence-corrected chi connectivity index (χ0v) is 14.4. The minimum Gasteiger partial charge on any atom is -0.473 e. The Morgan fingerprint density at radius 3 is 2.74 bits per heavy atom. The lowest BCUT2D eigenvalue weighted by Gasteiger charge is -2.23. The van der Waals surface area contributed by atoms with E-state index in [1.807, 2.05) is 6.20 Å². The average molecular weight is 319 g/mol. The summed E-state index contributed by atoms with van der Waals surface area (Å²) in [6, 6.07) is 0. The van der Waals surface area contributed by atoms with Crippen LogP contribution in [0.3, 0.4) is 0 Å². The molecule has 1 saturated carbocycles. The fourth-order valence-corrected chi connectivity index (χ4v) is 3.30. The van der Waals surface area contributed by atoms with Crippen LogP contribution in [0, 0.1) is 5.92 Å². The molecule has 2 heterocycles. The van der Waals surface area contributed by atoms with Crippen LogP contribution in [-0.4, -0.2) is 41.9 Å². The monoisotopic (exact) mass is 319 g/mol. The maximum Gasteiger partial charge on any atom is 0.234 e. The largest absolute Gasteiger partial charge is 0.473 e. The van der Waals surface area contributed by atoms with Crippen molar-refractivity contribution in [2.24, 2.45) is 5.92 Å². The van der Waals surface area contributed by atoms with Gasteiger partial charge in [-0.1, -0.05) is 20.3 Å². The van der Waals surface area contributed by atoms with E-state index in [9.17, 15) is 0 Å². The highest BCUT2D eigenvalue weighted by Crippen LogP contribution is 2.25. The molecule has 1 aromatic heterocycles. The van der Waals surface area contributed by atoms with Gasteiger partial charge in [0, 0.05) is 19.7 Å². The lowest BCUT2D eigenvalue weighted by atomic mass is 9.98. The van der Waals surface area contributed by atoms with E-state index in [0.29, 0.717) is 24.0 Å². The number of nitrogens with zero attached hydrogens (tertiary/aromatic N) is 3. The van der Waals surface area contributed by atoms with Gasteiger partial charge in [-0.15, -0.1) is 0 Å². The lowest BCUT2D eigenvalue weighted by Crippen LogP contribution is -2.25. The van der Waals surface area contributed by atoms with Crippen LogP contribution in [0.25, 0.3) is 0 Å². The Morgan fingerprint density at radius 2 is 1.96 bits per heavy atom. The Bertz CT molecular complexity index is 489. The zero-order valence-electron chi connectivity index (χ0n) is 14.4. The van der Waals surface area contributed by atoms with E-state index in [2.05, 4.69) is 28.7 Å². The minimum atomic E-state index is 0.308. The standard InChI is InChI=1S/C18H29N3O2/c1-14(2)13-22-16-8-9-21(12-16)17-10-19-11-18(20-17)23-15-6-4-3-5-7-15/h10-11,14-16H,3-9,12-13H2,1-2H3. The first kappa shape index (κ1) is 16.5. The molecule has 0 radical (unpaired) electrons. The molecule has 0 amide bonds. The average Bonchev–Trinajstić information content (AvgIpc) is 3.03. The zero-order chi connectivity index (χ0) is 16.1. The normalized spacial score (nSPS) is 22.7. The summed E-state index contributed by atoms with van der Waals surface area (Å²) in [5.74, 6) is 2.16. The van der Waals surface area contributed by atoms with Crippen molar-refractivity contribution in [3.63, 3.8) is 0 Å². The SMILES string of the molecule is CC(C)COC1CCN(c2cncc(OC3CCCCC3)n2)C1. The molecule has 5 nitrogen and oxygen atoms in total. The van der Waals surface area contributed by atoms with Crippen LogP contribution in [0.4, 0.5) is 5.82 Å². The first-order valence-electron chi connectivity index (χ1n) is 9.06. The third kappa shape index (κ3) is 4.80. The van der Waals surface area contributed by atoms with Crippen LogP contribution < -0.4 is 9.64 Å². The van der Waals surface area contributed by atoms with Crippen molar-refractivity contribution in [3.8, 4) is 5.88 Å².